The highest BCUT2D eigenvalue weighted by Crippen LogP contribution is 2.29. The Morgan fingerprint density at radius 3 is 2.00 bits per heavy atom. The lowest BCUT2D eigenvalue weighted by molar-refractivity contribution is -0.136. The molecule has 3 aromatic carbocycles. The number of hydrogen-bond acceptors (Lipinski definition) is 5. The molecule has 35 heavy (non-hydrogen) atoms. The van der Waals surface area contributed by atoms with E-state index in [1.807, 2.05) is 95.9 Å². The molecule has 0 spiro atoms. The van der Waals surface area contributed by atoms with Crippen LogP contribution in [0.1, 0.15) is 29.0 Å². The molecular weight excluding hydrogens is 464 g/mol. The summed E-state index contributed by atoms with van der Waals surface area (Å²) >= 11 is 0. The SMILES string of the molecule is CN(C(=O)C(c1ccccc1)c1ccccc1)[C@@H](Cc1ccccc1)N1CC[C@H](OS(=O)(=O)O)C1. The van der Waals surface area contributed by atoms with Crippen LogP contribution in [-0.2, 0) is 25.8 Å². The Balaban J connectivity index is 1.64. The van der Waals surface area contributed by atoms with E-state index in [4.69, 9.17) is 8.74 Å². The average molecular weight is 495 g/mol. The zero-order valence-electron chi connectivity index (χ0n) is 19.6. The highest BCUT2D eigenvalue weighted by molar-refractivity contribution is 7.80. The summed E-state index contributed by atoms with van der Waals surface area (Å²) in [5.74, 6) is -0.532. The lowest BCUT2D eigenvalue weighted by atomic mass is 9.89. The van der Waals surface area contributed by atoms with E-state index in [0.717, 1.165) is 16.7 Å². The summed E-state index contributed by atoms with van der Waals surface area (Å²) in [6, 6.07) is 29.3. The molecular formula is C27H30N2O5S. The fourth-order valence-corrected chi connectivity index (χ4v) is 5.23. The van der Waals surface area contributed by atoms with Crippen molar-refractivity contribution in [2.75, 3.05) is 20.1 Å². The van der Waals surface area contributed by atoms with Gasteiger partial charge in [0.15, 0.2) is 0 Å². The molecule has 4 rings (SSSR count). The number of carbonyl (C=O) groups is 1. The van der Waals surface area contributed by atoms with E-state index >= 15 is 0 Å². The molecule has 1 fully saturated rings. The first-order chi connectivity index (χ1) is 16.8. The topological polar surface area (TPSA) is 87.2 Å². The van der Waals surface area contributed by atoms with Crippen LogP contribution in [-0.4, -0.2) is 61.1 Å². The van der Waals surface area contributed by atoms with Crippen LogP contribution < -0.4 is 0 Å². The van der Waals surface area contributed by atoms with Crippen LogP contribution in [0.15, 0.2) is 91.0 Å². The standard InChI is InChI=1S/C27H30N2O5S/c1-28(27(30)26(22-13-7-3-8-14-22)23-15-9-4-10-16-23)25(19-21-11-5-2-6-12-21)29-18-17-24(20-29)34-35(31,32)33/h2-16,24-26H,17-20H2,1H3,(H,31,32,33)/t24-,25+/m0/s1. The summed E-state index contributed by atoms with van der Waals surface area (Å²) in [7, 11) is -2.75. The molecule has 8 heteroatoms. The predicted octanol–water partition coefficient (Wildman–Crippen LogP) is 3.74. The van der Waals surface area contributed by atoms with E-state index in [1.54, 1.807) is 11.9 Å². The number of benzene rings is 3. The van der Waals surface area contributed by atoms with Crippen LogP contribution in [0.25, 0.3) is 0 Å². The fraction of sp³-hybridized carbons (Fsp3) is 0.296. The summed E-state index contributed by atoms with van der Waals surface area (Å²) in [6.45, 7) is 0.826. The molecule has 3 aromatic rings. The average Bonchev–Trinajstić information content (AvgIpc) is 3.30. The van der Waals surface area contributed by atoms with Gasteiger partial charge >= 0.3 is 10.4 Å². The molecule has 0 saturated carbocycles. The smallest absolute Gasteiger partial charge is 0.329 e. The van der Waals surface area contributed by atoms with Gasteiger partial charge in [-0.3, -0.25) is 14.2 Å². The second-order valence-corrected chi connectivity index (χ2v) is 9.85. The largest absolute Gasteiger partial charge is 0.397 e. The number of amides is 1. The van der Waals surface area contributed by atoms with Gasteiger partial charge in [0.1, 0.15) is 0 Å². The number of carbonyl (C=O) groups excluding carboxylic acids is 1. The van der Waals surface area contributed by atoms with E-state index < -0.39 is 22.4 Å². The Kier molecular flexibility index (Phi) is 7.97. The quantitative estimate of drug-likeness (QED) is 0.456. The Morgan fingerprint density at radius 1 is 0.971 bits per heavy atom. The zero-order chi connectivity index (χ0) is 24.8. The molecule has 1 aliphatic heterocycles. The van der Waals surface area contributed by atoms with Crippen LogP contribution >= 0.6 is 0 Å². The number of hydrogen-bond donors (Lipinski definition) is 1. The van der Waals surface area contributed by atoms with Crippen molar-refractivity contribution in [3.05, 3.63) is 108 Å². The van der Waals surface area contributed by atoms with E-state index in [9.17, 15) is 13.2 Å². The normalized spacial score (nSPS) is 17.4. The van der Waals surface area contributed by atoms with Crippen LogP contribution in [0, 0.1) is 0 Å². The van der Waals surface area contributed by atoms with Gasteiger partial charge < -0.3 is 4.90 Å². The minimum absolute atomic E-state index is 0.0533. The molecule has 7 nitrogen and oxygen atoms in total. The molecule has 0 unspecified atom stereocenters. The molecule has 1 aliphatic rings. The lowest BCUT2D eigenvalue weighted by Crippen LogP contribution is -2.51. The molecule has 1 saturated heterocycles. The first-order valence-electron chi connectivity index (χ1n) is 11.6. The highest BCUT2D eigenvalue weighted by Gasteiger charge is 2.37. The lowest BCUT2D eigenvalue weighted by Gasteiger charge is -2.37. The number of likely N-dealkylation sites (N-methyl/N-ethyl adjacent to an activating group) is 1. The van der Waals surface area contributed by atoms with Gasteiger partial charge in [-0.15, -0.1) is 0 Å². The maximum atomic E-state index is 14.1. The summed E-state index contributed by atoms with van der Waals surface area (Å²) in [4.78, 5) is 17.9. The number of nitrogens with zero attached hydrogens (tertiary/aromatic N) is 2. The van der Waals surface area contributed by atoms with Gasteiger partial charge in [0, 0.05) is 26.6 Å². The Morgan fingerprint density at radius 2 is 1.49 bits per heavy atom. The third-order valence-electron chi connectivity index (χ3n) is 6.42. The van der Waals surface area contributed by atoms with Crippen molar-refractivity contribution in [1.82, 2.24) is 9.80 Å². The van der Waals surface area contributed by atoms with Crippen molar-refractivity contribution in [3.63, 3.8) is 0 Å². The van der Waals surface area contributed by atoms with Crippen LogP contribution in [0.2, 0.25) is 0 Å². The molecule has 1 amide bonds. The van der Waals surface area contributed by atoms with Crippen molar-refractivity contribution in [2.45, 2.75) is 31.0 Å². The second kappa shape index (κ2) is 11.1. The first-order valence-corrected chi connectivity index (χ1v) is 13.0. The zero-order valence-corrected chi connectivity index (χ0v) is 20.4. The van der Waals surface area contributed by atoms with Crippen molar-refractivity contribution in [2.24, 2.45) is 0 Å². The van der Waals surface area contributed by atoms with E-state index in [2.05, 4.69) is 0 Å². The van der Waals surface area contributed by atoms with Gasteiger partial charge in [-0.05, 0) is 23.1 Å². The van der Waals surface area contributed by atoms with E-state index in [1.165, 1.54) is 0 Å². The Bertz CT molecular complexity index is 1170. The molecule has 0 aromatic heterocycles. The summed E-state index contributed by atoms with van der Waals surface area (Å²) in [5, 5.41) is 0. The monoisotopic (exact) mass is 494 g/mol. The van der Waals surface area contributed by atoms with E-state index in [0.29, 0.717) is 19.4 Å². The van der Waals surface area contributed by atoms with Crippen LogP contribution in [0.4, 0.5) is 0 Å². The summed E-state index contributed by atoms with van der Waals surface area (Å²) < 4.78 is 36.5. The van der Waals surface area contributed by atoms with Gasteiger partial charge in [0.25, 0.3) is 0 Å². The first kappa shape index (κ1) is 25.1. The third kappa shape index (κ3) is 6.55. The van der Waals surface area contributed by atoms with Crippen molar-refractivity contribution >= 4 is 16.3 Å². The summed E-state index contributed by atoms with van der Waals surface area (Å²) in [6.07, 6.45) is 0.0203. The predicted molar refractivity (Wildman–Crippen MR) is 134 cm³/mol. The van der Waals surface area contributed by atoms with Crippen molar-refractivity contribution < 1.29 is 21.9 Å². The molecule has 0 aliphatic carbocycles. The minimum atomic E-state index is -4.54. The Labute approximate surface area is 206 Å². The summed E-state index contributed by atoms with van der Waals surface area (Å²) in [5.41, 5.74) is 2.87. The Hall–Kier alpha value is -3.04. The van der Waals surface area contributed by atoms with Crippen LogP contribution in [0.3, 0.4) is 0 Å². The molecule has 2 atom stereocenters. The van der Waals surface area contributed by atoms with Crippen molar-refractivity contribution in [3.8, 4) is 0 Å². The second-order valence-electron chi connectivity index (χ2n) is 8.80. The van der Waals surface area contributed by atoms with Gasteiger partial charge in [0.2, 0.25) is 5.91 Å². The highest BCUT2D eigenvalue weighted by atomic mass is 32.3. The molecule has 1 heterocycles. The third-order valence-corrected chi connectivity index (χ3v) is 6.94. The van der Waals surface area contributed by atoms with Gasteiger partial charge in [0.05, 0.1) is 18.2 Å². The molecule has 0 bridgehead atoms. The maximum Gasteiger partial charge on any atom is 0.397 e. The molecule has 184 valence electrons. The maximum absolute atomic E-state index is 14.1. The molecule has 0 radical (unpaired) electrons. The fourth-order valence-electron chi connectivity index (χ4n) is 4.73. The molecule has 1 N–H and O–H groups in total. The van der Waals surface area contributed by atoms with Gasteiger partial charge in [-0.2, -0.15) is 8.42 Å². The minimum Gasteiger partial charge on any atom is -0.329 e. The number of likely N-dealkylation sites (tertiary alicyclic amines) is 1. The van der Waals surface area contributed by atoms with Gasteiger partial charge in [-0.25, -0.2) is 4.18 Å². The van der Waals surface area contributed by atoms with Gasteiger partial charge in [-0.1, -0.05) is 91.0 Å². The van der Waals surface area contributed by atoms with Crippen LogP contribution in [0.5, 0.6) is 0 Å². The van der Waals surface area contributed by atoms with Crippen molar-refractivity contribution in [1.29, 1.82) is 0 Å². The number of rotatable bonds is 9. The van der Waals surface area contributed by atoms with E-state index in [-0.39, 0.29) is 18.6 Å².